The average molecular weight is 508 g/mol. The number of nitrogens with one attached hydrogen (secondary N) is 3. The lowest BCUT2D eigenvalue weighted by Crippen LogP contribution is -2.61. The van der Waals surface area contributed by atoms with Gasteiger partial charge < -0.3 is 10.6 Å². The van der Waals surface area contributed by atoms with E-state index in [1.807, 2.05) is 36.4 Å². The van der Waals surface area contributed by atoms with Gasteiger partial charge >= 0.3 is 0 Å². The van der Waals surface area contributed by atoms with E-state index in [2.05, 4.69) is 106 Å². The Morgan fingerprint density at radius 1 is 0.703 bits per heavy atom. The summed E-state index contributed by atoms with van der Waals surface area (Å²) in [6.45, 7) is 3.07. The third kappa shape index (κ3) is 6.28. The van der Waals surface area contributed by atoms with Gasteiger partial charge in [0.15, 0.2) is 0 Å². The summed E-state index contributed by atoms with van der Waals surface area (Å²) in [7, 11) is 0. The molecule has 5 rings (SSSR count). The molecule has 0 radical (unpaired) electrons. The summed E-state index contributed by atoms with van der Waals surface area (Å²) in [6.07, 6.45) is 3.39. The third-order valence-electron chi connectivity index (χ3n) is 6.53. The molecule has 1 aliphatic heterocycles. The van der Waals surface area contributed by atoms with E-state index in [1.165, 1.54) is 0 Å². The van der Waals surface area contributed by atoms with E-state index in [4.69, 9.17) is 12.2 Å². The highest BCUT2D eigenvalue weighted by atomic mass is 32.1. The molecule has 0 bridgehead atoms. The maximum atomic E-state index is 5.99. The Morgan fingerprint density at radius 2 is 1.19 bits per heavy atom. The van der Waals surface area contributed by atoms with Crippen molar-refractivity contribution >= 4 is 51.3 Å². The van der Waals surface area contributed by atoms with Crippen molar-refractivity contribution in [1.82, 2.24) is 5.53 Å². The first kappa shape index (κ1) is 24.8. The molecule has 1 heterocycles. The highest BCUT2D eigenvalue weighted by molar-refractivity contribution is 7.80. The van der Waals surface area contributed by atoms with Crippen LogP contribution in [0.5, 0.6) is 0 Å². The van der Waals surface area contributed by atoms with E-state index in [0.29, 0.717) is 5.92 Å². The number of unbranched alkanes of at least 4 members (excludes halogenated alkanes) is 1. The molecule has 4 aromatic rings. The molecule has 1 atom stereocenters. The Labute approximate surface area is 225 Å². The Hall–Kier alpha value is -3.87. The molecule has 5 nitrogen and oxygen atoms in total. The van der Waals surface area contributed by atoms with E-state index < -0.39 is 0 Å². The monoisotopic (exact) mass is 507 g/mol. The van der Waals surface area contributed by atoms with Crippen LogP contribution >= 0.6 is 12.2 Å². The highest BCUT2D eigenvalue weighted by Gasteiger charge is 2.30. The smallest absolute Gasteiger partial charge is 0.104 e. The molecule has 0 unspecified atom stereocenters. The zero-order valence-corrected chi connectivity index (χ0v) is 21.9. The lowest BCUT2D eigenvalue weighted by atomic mass is 10.00. The molecule has 0 aliphatic carbocycles. The molecule has 1 aliphatic rings. The molecule has 188 valence electrons. The summed E-state index contributed by atoms with van der Waals surface area (Å²) in [5.41, 5.74) is 9.94. The molecule has 0 aromatic heterocycles. The highest BCUT2D eigenvalue weighted by Crippen LogP contribution is 2.29. The van der Waals surface area contributed by atoms with Crippen molar-refractivity contribution in [2.45, 2.75) is 26.2 Å². The molecule has 1 saturated heterocycles. The third-order valence-corrected chi connectivity index (χ3v) is 7.04. The first-order chi connectivity index (χ1) is 18.2. The standard InChI is InChI=1S/C31H33N5S/c1-2-3-10-24-23-35(29-19-15-27(16-20-29)32-25-11-6-4-7-12-25)34-36(31(24)37)30-21-17-28(18-22-30)33-26-13-8-5-9-14-26/h4-9,11-22,24,32-34H,2-3,10,23H2,1H3/t24-/m0/s1. The fourth-order valence-electron chi connectivity index (χ4n) is 4.50. The first-order valence-electron chi connectivity index (χ1n) is 12.9. The molecule has 37 heavy (non-hydrogen) atoms. The van der Waals surface area contributed by atoms with Gasteiger partial charge in [-0.05, 0) is 79.2 Å². The van der Waals surface area contributed by atoms with E-state index >= 15 is 0 Å². The predicted octanol–water partition coefficient (Wildman–Crippen LogP) is 8.05. The van der Waals surface area contributed by atoms with Crippen LogP contribution in [0.15, 0.2) is 109 Å². The summed E-state index contributed by atoms with van der Waals surface area (Å²) in [5, 5.41) is 11.2. The Balaban J connectivity index is 1.33. The Bertz CT molecular complexity index is 1280. The number of hydrogen-bond donors (Lipinski definition) is 3. The summed E-state index contributed by atoms with van der Waals surface area (Å²) in [5.74, 6) is 0.292. The fraction of sp³-hybridized carbons (Fsp3) is 0.194. The van der Waals surface area contributed by atoms with Crippen LogP contribution in [-0.4, -0.2) is 11.5 Å². The molecule has 0 spiro atoms. The van der Waals surface area contributed by atoms with Crippen LogP contribution in [0.2, 0.25) is 0 Å². The van der Waals surface area contributed by atoms with Crippen LogP contribution in [0.25, 0.3) is 0 Å². The van der Waals surface area contributed by atoms with Crippen molar-refractivity contribution in [3.63, 3.8) is 0 Å². The number of anilines is 6. The number of thiocarbonyl (C=S) groups is 1. The molecule has 0 saturated carbocycles. The van der Waals surface area contributed by atoms with Crippen LogP contribution in [0, 0.1) is 5.92 Å². The number of rotatable bonds is 9. The largest absolute Gasteiger partial charge is 0.356 e. The summed E-state index contributed by atoms with van der Waals surface area (Å²) >= 11 is 5.99. The van der Waals surface area contributed by atoms with E-state index in [9.17, 15) is 0 Å². The van der Waals surface area contributed by atoms with Crippen molar-refractivity contribution in [2.75, 3.05) is 27.2 Å². The van der Waals surface area contributed by atoms with Gasteiger partial charge in [-0.1, -0.05) is 68.4 Å². The Morgan fingerprint density at radius 3 is 1.70 bits per heavy atom. The van der Waals surface area contributed by atoms with Crippen LogP contribution < -0.4 is 26.2 Å². The molecule has 6 heteroatoms. The molecular formula is C31H33N5S. The van der Waals surface area contributed by atoms with Crippen LogP contribution in [-0.2, 0) is 0 Å². The van der Waals surface area contributed by atoms with Gasteiger partial charge in [0, 0.05) is 35.2 Å². The average Bonchev–Trinajstić information content (AvgIpc) is 2.95. The molecular weight excluding hydrogens is 474 g/mol. The zero-order valence-electron chi connectivity index (χ0n) is 21.1. The van der Waals surface area contributed by atoms with Crippen LogP contribution in [0.3, 0.4) is 0 Å². The molecule has 1 fully saturated rings. The van der Waals surface area contributed by atoms with Crippen molar-refractivity contribution < 1.29 is 0 Å². The minimum Gasteiger partial charge on any atom is -0.356 e. The van der Waals surface area contributed by atoms with Gasteiger partial charge in [0.05, 0.1) is 11.4 Å². The van der Waals surface area contributed by atoms with Crippen molar-refractivity contribution in [2.24, 2.45) is 5.92 Å². The van der Waals surface area contributed by atoms with E-state index in [-0.39, 0.29) is 0 Å². The number of hydrazine groups is 2. The second kappa shape index (κ2) is 11.9. The minimum absolute atomic E-state index is 0.292. The second-order valence-electron chi connectivity index (χ2n) is 9.30. The topological polar surface area (TPSA) is 42.6 Å². The number of hydrogen-bond acceptors (Lipinski definition) is 5. The number of nitrogens with zero attached hydrogens (tertiary/aromatic N) is 2. The van der Waals surface area contributed by atoms with Gasteiger partial charge in [0.25, 0.3) is 0 Å². The summed E-state index contributed by atoms with van der Waals surface area (Å²) in [4.78, 5) is 0.941. The lowest BCUT2D eigenvalue weighted by Gasteiger charge is -2.43. The summed E-state index contributed by atoms with van der Waals surface area (Å²) < 4.78 is 0. The van der Waals surface area contributed by atoms with Gasteiger partial charge in [-0.25, -0.2) is 0 Å². The Kier molecular flexibility index (Phi) is 7.99. The van der Waals surface area contributed by atoms with Gasteiger partial charge in [0.2, 0.25) is 0 Å². The fourth-order valence-corrected chi connectivity index (χ4v) is 4.84. The van der Waals surface area contributed by atoms with Gasteiger partial charge in [0.1, 0.15) is 4.99 Å². The van der Waals surface area contributed by atoms with Gasteiger partial charge in [-0.2, -0.15) is 0 Å². The second-order valence-corrected chi connectivity index (χ2v) is 9.72. The van der Waals surface area contributed by atoms with E-state index in [1.54, 1.807) is 0 Å². The predicted molar refractivity (Wildman–Crippen MR) is 161 cm³/mol. The van der Waals surface area contributed by atoms with Crippen molar-refractivity contribution in [3.05, 3.63) is 109 Å². The van der Waals surface area contributed by atoms with Crippen molar-refractivity contribution in [3.8, 4) is 0 Å². The minimum atomic E-state index is 0.292. The summed E-state index contributed by atoms with van der Waals surface area (Å²) in [6, 6.07) is 37.4. The zero-order chi connectivity index (χ0) is 25.5. The molecule has 4 aromatic carbocycles. The van der Waals surface area contributed by atoms with Crippen LogP contribution in [0.1, 0.15) is 26.2 Å². The first-order valence-corrected chi connectivity index (χ1v) is 13.3. The van der Waals surface area contributed by atoms with Crippen molar-refractivity contribution in [1.29, 1.82) is 0 Å². The van der Waals surface area contributed by atoms with Gasteiger partial charge in [-0.15, -0.1) is 5.53 Å². The van der Waals surface area contributed by atoms with E-state index in [0.717, 1.165) is 64.9 Å². The molecule has 0 amide bonds. The number of benzene rings is 4. The molecule has 3 N–H and O–H groups in total. The quantitative estimate of drug-likeness (QED) is 0.199. The number of para-hydroxylation sites is 2. The van der Waals surface area contributed by atoms with Gasteiger partial charge in [-0.3, -0.25) is 10.0 Å². The normalized spacial score (nSPS) is 15.5. The maximum absolute atomic E-state index is 5.99. The lowest BCUT2D eigenvalue weighted by molar-refractivity contribution is 0.489. The SMILES string of the molecule is CCCC[C@H]1CN(c2ccc(Nc3ccccc3)cc2)NN(c2ccc(Nc3ccccc3)cc2)C1=S. The maximum Gasteiger partial charge on any atom is 0.104 e. The van der Waals surface area contributed by atoms with Crippen LogP contribution in [0.4, 0.5) is 34.1 Å².